The van der Waals surface area contributed by atoms with E-state index in [4.69, 9.17) is 5.73 Å². The quantitative estimate of drug-likeness (QED) is 0.226. The predicted octanol–water partition coefficient (Wildman–Crippen LogP) is 6.77. The molecule has 3 aromatic rings. The van der Waals surface area contributed by atoms with Crippen molar-refractivity contribution in [3.63, 3.8) is 0 Å². The number of halogens is 6. The van der Waals surface area contributed by atoms with Crippen LogP contribution in [0.2, 0.25) is 0 Å². The largest absolute Gasteiger partial charge is 0.416 e. The number of piperidine rings is 1. The molecule has 1 amide bonds. The van der Waals surface area contributed by atoms with Gasteiger partial charge in [0.15, 0.2) is 15.7 Å². The number of nitriles is 1. The number of ether oxygens (including phenoxy) is 1. The first kappa shape index (κ1) is 34.8. The van der Waals surface area contributed by atoms with Gasteiger partial charge in [-0.1, -0.05) is 31.2 Å². The maximum atomic E-state index is 16.8. The van der Waals surface area contributed by atoms with Gasteiger partial charge in [-0.2, -0.15) is 27.2 Å². The zero-order valence-corrected chi connectivity index (χ0v) is 25.4. The van der Waals surface area contributed by atoms with Crippen LogP contribution in [0.1, 0.15) is 70.6 Å². The second-order valence-electron chi connectivity index (χ2n) is 10.9. The van der Waals surface area contributed by atoms with Gasteiger partial charge in [-0.25, -0.2) is 12.8 Å². The van der Waals surface area contributed by atoms with Gasteiger partial charge in [0.2, 0.25) is 5.91 Å². The normalized spacial score (nSPS) is 17.9. The zero-order chi connectivity index (χ0) is 33.8. The molecule has 1 heterocycles. The third-order valence-electron chi connectivity index (χ3n) is 8.23. The number of benzene rings is 3. The first-order chi connectivity index (χ1) is 21.7. The minimum Gasteiger partial charge on any atom is -0.366 e. The fraction of sp³-hybridized carbons (Fsp3) is 0.375. The Bertz CT molecular complexity index is 1690. The summed E-state index contributed by atoms with van der Waals surface area (Å²) >= 11 is 0. The summed E-state index contributed by atoms with van der Waals surface area (Å²) in [6, 6.07) is 13.7. The molecule has 46 heavy (non-hydrogen) atoms. The molecule has 7 nitrogen and oxygen atoms in total. The van der Waals surface area contributed by atoms with Gasteiger partial charge >= 0.3 is 12.8 Å². The number of carbonyl (C=O) groups is 1. The van der Waals surface area contributed by atoms with Crippen LogP contribution >= 0.6 is 0 Å². The Morgan fingerprint density at radius 3 is 2.26 bits per heavy atom. The number of sulfone groups is 1. The van der Waals surface area contributed by atoms with Crippen molar-refractivity contribution in [3.8, 4) is 6.07 Å². The smallest absolute Gasteiger partial charge is 0.366 e. The van der Waals surface area contributed by atoms with E-state index in [0.717, 1.165) is 12.1 Å². The summed E-state index contributed by atoms with van der Waals surface area (Å²) in [4.78, 5) is 14.0. The van der Waals surface area contributed by atoms with Crippen LogP contribution in [-0.2, 0) is 20.8 Å². The van der Waals surface area contributed by atoms with E-state index in [-0.39, 0.29) is 46.8 Å². The van der Waals surface area contributed by atoms with Crippen molar-refractivity contribution in [1.82, 2.24) is 0 Å². The Kier molecular flexibility index (Phi) is 10.7. The molecular formula is C32H31F6N3O4S. The van der Waals surface area contributed by atoms with Crippen molar-refractivity contribution < 1.29 is 44.3 Å². The fourth-order valence-corrected chi connectivity index (χ4v) is 6.69. The number of anilines is 1. The van der Waals surface area contributed by atoms with Gasteiger partial charge < -0.3 is 15.4 Å². The lowest BCUT2D eigenvalue weighted by molar-refractivity contribution is -0.137. The molecule has 3 atom stereocenters. The van der Waals surface area contributed by atoms with Crippen LogP contribution in [0.4, 0.5) is 32.0 Å². The molecule has 0 saturated carbocycles. The summed E-state index contributed by atoms with van der Waals surface area (Å²) in [7, 11) is -3.57. The van der Waals surface area contributed by atoms with Gasteiger partial charge in [0, 0.05) is 35.9 Å². The highest BCUT2D eigenvalue weighted by Gasteiger charge is 2.35. The van der Waals surface area contributed by atoms with E-state index in [1.807, 2.05) is 6.07 Å². The molecule has 0 aliphatic carbocycles. The monoisotopic (exact) mass is 667 g/mol. The first-order valence-corrected chi connectivity index (χ1v) is 16.0. The molecule has 0 spiro atoms. The molecule has 1 aliphatic heterocycles. The highest BCUT2D eigenvalue weighted by molar-refractivity contribution is 7.91. The summed E-state index contributed by atoms with van der Waals surface area (Å²) in [6.45, 7) is -2.10. The molecule has 1 saturated heterocycles. The predicted molar refractivity (Wildman–Crippen MR) is 158 cm³/mol. The van der Waals surface area contributed by atoms with Crippen molar-refractivity contribution in [2.24, 2.45) is 5.73 Å². The lowest BCUT2D eigenvalue weighted by Crippen LogP contribution is -2.46. The van der Waals surface area contributed by atoms with Crippen molar-refractivity contribution in [3.05, 3.63) is 94.3 Å². The van der Waals surface area contributed by atoms with Crippen LogP contribution in [0.3, 0.4) is 0 Å². The maximum absolute atomic E-state index is 16.8. The van der Waals surface area contributed by atoms with E-state index in [1.165, 1.54) is 60.4 Å². The van der Waals surface area contributed by atoms with Gasteiger partial charge in [-0.15, -0.1) is 0 Å². The van der Waals surface area contributed by atoms with Crippen LogP contribution < -0.4 is 10.6 Å². The summed E-state index contributed by atoms with van der Waals surface area (Å²) in [5.74, 6) is -3.58. The van der Waals surface area contributed by atoms with Crippen molar-refractivity contribution in [1.29, 1.82) is 5.26 Å². The molecule has 4 rings (SSSR count). The number of hydrogen-bond acceptors (Lipinski definition) is 6. The van der Waals surface area contributed by atoms with E-state index >= 15 is 4.39 Å². The van der Waals surface area contributed by atoms with E-state index in [1.54, 1.807) is 0 Å². The lowest BCUT2D eigenvalue weighted by Gasteiger charge is -2.42. The Morgan fingerprint density at radius 1 is 1.07 bits per heavy atom. The van der Waals surface area contributed by atoms with Gasteiger partial charge in [0.25, 0.3) is 0 Å². The average Bonchev–Trinajstić information content (AvgIpc) is 3.02. The highest BCUT2D eigenvalue weighted by atomic mass is 32.2. The third kappa shape index (κ3) is 7.64. The topological polar surface area (TPSA) is 113 Å². The van der Waals surface area contributed by atoms with Crippen LogP contribution in [0, 0.1) is 17.1 Å². The number of amides is 1. The van der Waals surface area contributed by atoms with Crippen LogP contribution in [-0.4, -0.2) is 45.9 Å². The van der Waals surface area contributed by atoms with Gasteiger partial charge in [0.05, 0.1) is 40.6 Å². The van der Waals surface area contributed by atoms with E-state index < -0.39 is 64.4 Å². The van der Waals surface area contributed by atoms with Crippen molar-refractivity contribution in [2.45, 2.75) is 61.7 Å². The summed E-state index contributed by atoms with van der Waals surface area (Å²) in [6.07, 6.45) is -4.26. The molecule has 0 unspecified atom stereocenters. The number of nitrogens with two attached hydrogens (primary N) is 1. The Hall–Kier alpha value is -4.09. The molecule has 246 valence electrons. The number of nitrogens with zero attached hydrogens (tertiary/aromatic N) is 2. The molecule has 0 bridgehead atoms. The Balaban J connectivity index is 1.81. The van der Waals surface area contributed by atoms with Crippen LogP contribution in [0.25, 0.3) is 0 Å². The minimum atomic E-state index is -4.54. The molecule has 2 N–H and O–H groups in total. The summed E-state index contributed by atoms with van der Waals surface area (Å²) < 4.78 is 112. The van der Waals surface area contributed by atoms with Crippen molar-refractivity contribution in [2.75, 3.05) is 23.8 Å². The van der Waals surface area contributed by atoms with Crippen LogP contribution in [0.5, 0.6) is 0 Å². The van der Waals surface area contributed by atoms with Gasteiger partial charge in [0.1, 0.15) is 0 Å². The molecule has 3 aromatic carbocycles. The standard InChI is InChI=1S/C32H31F6N3O4S/c1-2-46(43,44)24-11-6-20(7-12-24)25(15-16-39)28-26(30(40)42)13-14-27(29(28)33)41-17-21(5-10-23(41)18-45-31(34)35)19-3-8-22(9-4-19)32(36,37)38/h3-4,6-9,11-14,21,23,25,31H,2,5,10,15,17-18H2,1H3,(H2,40,42)/t21-,23-,25-/m0/s1. The molecule has 0 aromatic heterocycles. The number of primary amides is 1. The average molecular weight is 668 g/mol. The highest BCUT2D eigenvalue weighted by Crippen LogP contribution is 2.41. The van der Waals surface area contributed by atoms with E-state index in [9.17, 15) is 40.4 Å². The SMILES string of the molecule is CCS(=O)(=O)c1ccc([C@H](CC#N)c2c(C(N)=O)ccc(N3C[C@@H](c4ccc(C(F)(F)F)cc4)CC[C@H]3COC(F)F)c2F)cc1. The third-order valence-corrected chi connectivity index (χ3v) is 9.98. The van der Waals surface area contributed by atoms with Gasteiger partial charge in [-0.3, -0.25) is 4.79 Å². The van der Waals surface area contributed by atoms with Gasteiger partial charge in [-0.05, 0) is 60.4 Å². The molecule has 14 heteroatoms. The minimum absolute atomic E-state index is 0.0153. The molecule has 0 radical (unpaired) electrons. The van der Waals surface area contributed by atoms with Crippen LogP contribution in [0.15, 0.2) is 65.6 Å². The first-order valence-electron chi connectivity index (χ1n) is 14.3. The number of rotatable bonds is 11. The number of carbonyl (C=O) groups excluding carboxylic acids is 1. The maximum Gasteiger partial charge on any atom is 0.416 e. The summed E-state index contributed by atoms with van der Waals surface area (Å²) in [5, 5.41) is 9.66. The second-order valence-corrected chi connectivity index (χ2v) is 13.2. The van der Waals surface area contributed by atoms with E-state index in [0.29, 0.717) is 17.5 Å². The summed E-state index contributed by atoms with van der Waals surface area (Å²) in [5.41, 5.74) is 5.06. The Labute approximate surface area is 262 Å². The fourth-order valence-electron chi connectivity index (χ4n) is 5.81. The number of alkyl halides is 5. The van der Waals surface area contributed by atoms with E-state index in [2.05, 4.69) is 4.74 Å². The lowest BCUT2D eigenvalue weighted by atomic mass is 9.83. The molecule has 1 aliphatic rings. The second kappa shape index (κ2) is 14.1. The zero-order valence-electron chi connectivity index (χ0n) is 24.6. The molecular weight excluding hydrogens is 636 g/mol. The Morgan fingerprint density at radius 2 is 1.72 bits per heavy atom. The number of hydrogen-bond donors (Lipinski definition) is 1. The molecule has 1 fully saturated rings. The van der Waals surface area contributed by atoms with Crippen molar-refractivity contribution >= 4 is 21.4 Å².